The molecular formula is C14H20N2O. The van der Waals surface area contributed by atoms with Crippen molar-refractivity contribution in [2.45, 2.75) is 33.6 Å². The number of Topliss-reactive ketones (excluding diaryl/α,β-unsaturated/α-hetero) is 1. The molecule has 1 atom stereocenters. The number of hydrogen-bond donors (Lipinski definition) is 1. The van der Waals surface area contributed by atoms with Crippen molar-refractivity contribution in [2.75, 3.05) is 5.32 Å². The zero-order valence-corrected chi connectivity index (χ0v) is 10.8. The summed E-state index contributed by atoms with van der Waals surface area (Å²) in [5.74, 6) is 1.05. The van der Waals surface area contributed by atoms with Crippen LogP contribution in [0, 0.1) is 12.8 Å². The Morgan fingerprint density at radius 3 is 2.76 bits per heavy atom. The van der Waals surface area contributed by atoms with Gasteiger partial charge in [-0.1, -0.05) is 26.5 Å². The van der Waals surface area contributed by atoms with Gasteiger partial charge in [0, 0.05) is 24.2 Å². The molecule has 0 fully saturated rings. The molecule has 0 amide bonds. The van der Waals surface area contributed by atoms with E-state index in [2.05, 4.69) is 16.9 Å². The number of nitrogens with zero attached hydrogens (tertiary/aromatic N) is 1. The smallest absolute Gasteiger partial charge is 0.141 e. The van der Waals surface area contributed by atoms with Gasteiger partial charge in [-0.25, -0.2) is 4.98 Å². The molecule has 3 nitrogen and oxygen atoms in total. The number of aryl methyl sites for hydroxylation is 1. The first-order chi connectivity index (χ1) is 8.02. The van der Waals surface area contributed by atoms with Crippen LogP contribution in [-0.2, 0) is 4.79 Å². The third-order valence-electron chi connectivity index (χ3n) is 2.77. The van der Waals surface area contributed by atoms with Crippen molar-refractivity contribution in [1.29, 1.82) is 0 Å². The molecule has 0 aliphatic heterocycles. The monoisotopic (exact) mass is 232 g/mol. The van der Waals surface area contributed by atoms with Gasteiger partial charge in [0.15, 0.2) is 0 Å². The van der Waals surface area contributed by atoms with E-state index in [9.17, 15) is 4.79 Å². The van der Waals surface area contributed by atoms with E-state index in [0.29, 0.717) is 12.1 Å². The Labute approximate surface area is 103 Å². The first-order valence-electron chi connectivity index (χ1n) is 5.93. The number of nitrogens with one attached hydrogen (secondary N) is 1. The second-order valence-electron chi connectivity index (χ2n) is 4.40. The van der Waals surface area contributed by atoms with Crippen LogP contribution >= 0.6 is 0 Å². The number of aromatic nitrogens is 1. The molecule has 1 unspecified atom stereocenters. The molecule has 1 aromatic rings. The SMILES string of the molecule is C=C(CC(=O)C(C)CC)Nc1ccc(C)cn1. The molecule has 0 saturated carbocycles. The molecule has 0 aromatic carbocycles. The highest BCUT2D eigenvalue weighted by Gasteiger charge is 2.11. The fourth-order valence-electron chi connectivity index (χ4n) is 1.38. The van der Waals surface area contributed by atoms with E-state index in [1.165, 1.54) is 0 Å². The highest BCUT2D eigenvalue weighted by atomic mass is 16.1. The van der Waals surface area contributed by atoms with Gasteiger partial charge in [0.25, 0.3) is 0 Å². The van der Waals surface area contributed by atoms with E-state index < -0.39 is 0 Å². The van der Waals surface area contributed by atoms with Gasteiger partial charge >= 0.3 is 0 Å². The van der Waals surface area contributed by atoms with E-state index in [-0.39, 0.29) is 11.7 Å². The standard InChI is InChI=1S/C14H20N2O/c1-5-11(3)13(17)8-12(4)16-14-7-6-10(2)9-15-14/h6-7,9,11H,4-5,8H2,1-3H3,(H,15,16). The van der Waals surface area contributed by atoms with E-state index in [0.717, 1.165) is 17.8 Å². The zero-order valence-electron chi connectivity index (χ0n) is 10.8. The third kappa shape index (κ3) is 4.39. The van der Waals surface area contributed by atoms with Crippen LogP contribution in [0.2, 0.25) is 0 Å². The first kappa shape index (κ1) is 13.4. The normalized spacial score (nSPS) is 11.9. The molecule has 0 radical (unpaired) electrons. The van der Waals surface area contributed by atoms with Crippen LogP contribution in [-0.4, -0.2) is 10.8 Å². The van der Waals surface area contributed by atoms with Gasteiger partial charge in [0.2, 0.25) is 0 Å². The van der Waals surface area contributed by atoms with Crippen LogP contribution in [0.15, 0.2) is 30.6 Å². The molecular weight excluding hydrogens is 212 g/mol. The Kier molecular flexibility index (Phi) is 4.88. The molecule has 0 bridgehead atoms. The third-order valence-corrected chi connectivity index (χ3v) is 2.77. The zero-order chi connectivity index (χ0) is 12.8. The summed E-state index contributed by atoms with van der Waals surface area (Å²) < 4.78 is 0. The summed E-state index contributed by atoms with van der Waals surface area (Å²) in [7, 11) is 0. The van der Waals surface area contributed by atoms with Crippen molar-refractivity contribution in [2.24, 2.45) is 5.92 Å². The number of allylic oxidation sites excluding steroid dienone is 1. The van der Waals surface area contributed by atoms with Gasteiger partial charge in [-0.2, -0.15) is 0 Å². The summed E-state index contributed by atoms with van der Waals surface area (Å²) in [6.45, 7) is 9.80. The number of rotatable bonds is 6. The molecule has 1 rings (SSSR count). The van der Waals surface area contributed by atoms with Gasteiger partial charge in [-0.05, 0) is 25.0 Å². The number of carbonyl (C=O) groups excluding carboxylic acids is 1. The first-order valence-corrected chi connectivity index (χ1v) is 5.93. The van der Waals surface area contributed by atoms with Crippen LogP contribution in [0.3, 0.4) is 0 Å². The van der Waals surface area contributed by atoms with Crippen molar-refractivity contribution >= 4 is 11.6 Å². The molecule has 0 aliphatic rings. The van der Waals surface area contributed by atoms with Crippen molar-refractivity contribution in [1.82, 2.24) is 4.98 Å². The Balaban J connectivity index is 2.50. The molecule has 0 spiro atoms. The Morgan fingerprint density at radius 1 is 1.53 bits per heavy atom. The number of ketones is 1. The molecule has 0 saturated heterocycles. The Bertz CT molecular complexity index is 395. The van der Waals surface area contributed by atoms with Crippen molar-refractivity contribution in [3.63, 3.8) is 0 Å². The second-order valence-corrected chi connectivity index (χ2v) is 4.40. The maximum absolute atomic E-state index is 11.7. The fraction of sp³-hybridized carbons (Fsp3) is 0.429. The van der Waals surface area contributed by atoms with Gasteiger partial charge in [-0.15, -0.1) is 0 Å². The lowest BCUT2D eigenvalue weighted by molar-refractivity contribution is -0.121. The Morgan fingerprint density at radius 2 is 2.24 bits per heavy atom. The topological polar surface area (TPSA) is 42.0 Å². The van der Waals surface area contributed by atoms with E-state index in [1.54, 1.807) is 6.20 Å². The predicted octanol–water partition coefficient (Wildman–Crippen LogP) is 3.32. The van der Waals surface area contributed by atoms with E-state index in [1.807, 2.05) is 32.9 Å². The second kappa shape index (κ2) is 6.18. The minimum Gasteiger partial charge on any atom is -0.344 e. The van der Waals surface area contributed by atoms with E-state index >= 15 is 0 Å². The largest absolute Gasteiger partial charge is 0.344 e. The molecule has 92 valence electrons. The summed E-state index contributed by atoms with van der Waals surface area (Å²) in [5, 5.41) is 3.05. The summed E-state index contributed by atoms with van der Waals surface area (Å²) >= 11 is 0. The summed E-state index contributed by atoms with van der Waals surface area (Å²) in [6.07, 6.45) is 3.02. The highest BCUT2D eigenvalue weighted by molar-refractivity contribution is 5.83. The molecule has 3 heteroatoms. The number of pyridine rings is 1. The van der Waals surface area contributed by atoms with Crippen LogP contribution in [0.5, 0.6) is 0 Å². The highest BCUT2D eigenvalue weighted by Crippen LogP contribution is 2.12. The average molecular weight is 232 g/mol. The Hall–Kier alpha value is -1.64. The molecule has 17 heavy (non-hydrogen) atoms. The van der Waals surface area contributed by atoms with Gasteiger partial charge in [0.1, 0.15) is 11.6 Å². The van der Waals surface area contributed by atoms with Gasteiger partial charge < -0.3 is 5.32 Å². The van der Waals surface area contributed by atoms with Crippen LogP contribution in [0.1, 0.15) is 32.3 Å². The minimum atomic E-state index is 0.0968. The van der Waals surface area contributed by atoms with Crippen LogP contribution in [0.4, 0.5) is 5.82 Å². The number of carbonyl (C=O) groups is 1. The summed E-state index contributed by atoms with van der Waals surface area (Å²) in [6, 6.07) is 3.85. The molecule has 1 aromatic heterocycles. The molecule has 0 aliphatic carbocycles. The van der Waals surface area contributed by atoms with Crippen molar-refractivity contribution in [3.05, 3.63) is 36.2 Å². The summed E-state index contributed by atoms with van der Waals surface area (Å²) in [4.78, 5) is 15.9. The number of anilines is 1. The van der Waals surface area contributed by atoms with Gasteiger partial charge in [0.05, 0.1) is 0 Å². The predicted molar refractivity (Wildman–Crippen MR) is 70.8 cm³/mol. The van der Waals surface area contributed by atoms with Gasteiger partial charge in [-0.3, -0.25) is 4.79 Å². The lowest BCUT2D eigenvalue weighted by Crippen LogP contribution is -2.13. The van der Waals surface area contributed by atoms with Crippen molar-refractivity contribution in [3.8, 4) is 0 Å². The maximum Gasteiger partial charge on any atom is 0.141 e. The fourth-order valence-corrected chi connectivity index (χ4v) is 1.38. The van der Waals surface area contributed by atoms with Crippen LogP contribution < -0.4 is 5.32 Å². The maximum atomic E-state index is 11.7. The summed E-state index contributed by atoms with van der Waals surface area (Å²) in [5.41, 5.74) is 1.81. The lowest BCUT2D eigenvalue weighted by Gasteiger charge is -2.11. The quantitative estimate of drug-likeness (QED) is 0.818. The minimum absolute atomic E-state index is 0.0968. The average Bonchev–Trinajstić information content (AvgIpc) is 2.30. The van der Waals surface area contributed by atoms with Crippen LogP contribution in [0.25, 0.3) is 0 Å². The van der Waals surface area contributed by atoms with E-state index in [4.69, 9.17) is 0 Å². The molecule has 1 heterocycles. The number of hydrogen-bond acceptors (Lipinski definition) is 3. The molecule has 1 N–H and O–H groups in total. The van der Waals surface area contributed by atoms with Crippen molar-refractivity contribution < 1.29 is 4.79 Å². The lowest BCUT2D eigenvalue weighted by atomic mass is 10.0.